The molecule has 2 aliphatic rings. The van der Waals surface area contributed by atoms with Crippen LogP contribution in [0.1, 0.15) is 18.4 Å². The van der Waals surface area contributed by atoms with Gasteiger partial charge < -0.3 is 5.32 Å². The summed E-state index contributed by atoms with van der Waals surface area (Å²) < 4.78 is 0. The summed E-state index contributed by atoms with van der Waals surface area (Å²) in [6.07, 6.45) is 3.93. The highest BCUT2D eigenvalue weighted by molar-refractivity contribution is 5.19. The first-order valence-electron chi connectivity index (χ1n) is 6.39. The van der Waals surface area contributed by atoms with Crippen LogP contribution in [0.4, 0.5) is 0 Å². The van der Waals surface area contributed by atoms with E-state index in [0.29, 0.717) is 5.54 Å². The van der Waals surface area contributed by atoms with E-state index in [2.05, 4.69) is 40.5 Å². The van der Waals surface area contributed by atoms with Crippen LogP contribution >= 0.6 is 0 Å². The van der Waals surface area contributed by atoms with E-state index in [1.54, 1.807) is 0 Å². The molecule has 1 unspecified atom stereocenters. The highest BCUT2D eigenvalue weighted by atomic mass is 15.3. The SMILES string of the molecule is c1ccc(CC23CCCN2CCNC3)cc1. The quantitative estimate of drug-likeness (QED) is 0.809. The minimum atomic E-state index is 0.416. The Bertz CT molecular complexity index is 349. The van der Waals surface area contributed by atoms with Crippen molar-refractivity contribution in [2.75, 3.05) is 26.2 Å². The maximum Gasteiger partial charge on any atom is 0.0375 e. The van der Waals surface area contributed by atoms with Crippen molar-refractivity contribution in [2.24, 2.45) is 0 Å². The molecule has 0 bridgehead atoms. The predicted octanol–water partition coefficient (Wildman–Crippen LogP) is 1.67. The Hall–Kier alpha value is -0.860. The predicted molar refractivity (Wildman–Crippen MR) is 66.6 cm³/mol. The van der Waals surface area contributed by atoms with Crippen molar-refractivity contribution in [3.8, 4) is 0 Å². The molecule has 0 radical (unpaired) electrons. The Balaban J connectivity index is 1.81. The average Bonchev–Trinajstić information content (AvgIpc) is 2.73. The Morgan fingerprint density at radius 1 is 1.19 bits per heavy atom. The summed E-state index contributed by atoms with van der Waals surface area (Å²) in [4.78, 5) is 2.70. The minimum absolute atomic E-state index is 0.416. The van der Waals surface area contributed by atoms with Gasteiger partial charge in [-0.3, -0.25) is 4.90 Å². The van der Waals surface area contributed by atoms with Crippen LogP contribution in [-0.4, -0.2) is 36.6 Å². The van der Waals surface area contributed by atoms with E-state index in [9.17, 15) is 0 Å². The van der Waals surface area contributed by atoms with Crippen LogP contribution in [-0.2, 0) is 6.42 Å². The molecule has 1 aromatic rings. The lowest BCUT2D eigenvalue weighted by atomic mass is 9.87. The van der Waals surface area contributed by atoms with Gasteiger partial charge in [-0.1, -0.05) is 30.3 Å². The zero-order chi connectivity index (χ0) is 10.8. The molecule has 0 aromatic heterocycles. The van der Waals surface area contributed by atoms with Gasteiger partial charge in [-0.2, -0.15) is 0 Å². The molecule has 1 atom stereocenters. The molecule has 0 saturated carbocycles. The maximum absolute atomic E-state index is 3.58. The van der Waals surface area contributed by atoms with E-state index >= 15 is 0 Å². The number of benzene rings is 1. The summed E-state index contributed by atoms with van der Waals surface area (Å²) >= 11 is 0. The Morgan fingerprint density at radius 2 is 2.06 bits per heavy atom. The topological polar surface area (TPSA) is 15.3 Å². The number of rotatable bonds is 2. The van der Waals surface area contributed by atoms with E-state index in [1.807, 2.05) is 0 Å². The van der Waals surface area contributed by atoms with Gasteiger partial charge in [0.05, 0.1) is 0 Å². The summed E-state index contributed by atoms with van der Waals surface area (Å²) in [5.41, 5.74) is 1.90. The summed E-state index contributed by atoms with van der Waals surface area (Å²) in [6.45, 7) is 4.86. The molecule has 0 amide bonds. The Kier molecular flexibility index (Phi) is 2.70. The number of nitrogens with zero attached hydrogens (tertiary/aromatic N) is 1. The van der Waals surface area contributed by atoms with Crippen molar-refractivity contribution in [3.05, 3.63) is 35.9 Å². The van der Waals surface area contributed by atoms with Gasteiger partial charge in [0, 0.05) is 25.2 Å². The first-order valence-corrected chi connectivity index (χ1v) is 6.39. The Labute approximate surface area is 97.6 Å². The third kappa shape index (κ3) is 1.76. The average molecular weight is 216 g/mol. The first-order chi connectivity index (χ1) is 7.89. The molecule has 16 heavy (non-hydrogen) atoms. The molecule has 2 saturated heterocycles. The fourth-order valence-electron chi connectivity index (χ4n) is 3.32. The van der Waals surface area contributed by atoms with Gasteiger partial charge in [0.2, 0.25) is 0 Å². The van der Waals surface area contributed by atoms with E-state index < -0.39 is 0 Å². The van der Waals surface area contributed by atoms with Crippen molar-refractivity contribution >= 4 is 0 Å². The summed E-state index contributed by atoms with van der Waals surface area (Å²) in [5.74, 6) is 0. The van der Waals surface area contributed by atoms with Crippen molar-refractivity contribution in [1.82, 2.24) is 10.2 Å². The van der Waals surface area contributed by atoms with Gasteiger partial charge in [-0.15, -0.1) is 0 Å². The molecule has 2 heterocycles. The molecule has 2 aliphatic heterocycles. The van der Waals surface area contributed by atoms with E-state index in [1.165, 1.54) is 44.5 Å². The van der Waals surface area contributed by atoms with Gasteiger partial charge in [-0.05, 0) is 31.4 Å². The molecule has 2 heteroatoms. The van der Waals surface area contributed by atoms with Crippen molar-refractivity contribution in [2.45, 2.75) is 24.8 Å². The van der Waals surface area contributed by atoms with Crippen molar-refractivity contribution in [3.63, 3.8) is 0 Å². The second-order valence-corrected chi connectivity index (χ2v) is 5.15. The minimum Gasteiger partial charge on any atom is -0.314 e. The molecule has 2 fully saturated rings. The maximum atomic E-state index is 3.58. The molecule has 1 aromatic carbocycles. The monoisotopic (exact) mass is 216 g/mol. The zero-order valence-corrected chi connectivity index (χ0v) is 9.78. The lowest BCUT2D eigenvalue weighted by Gasteiger charge is -2.43. The molecular weight excluding hydrogens is 196 g/mol. The highest BCUT2D eigenvalue weighted by Crippen LogP contribution is 2.33. The van der Waals surface area contributed by atoms with E-state index in [0.717, 1.165) is 6.54 Å². The first kappa shape index (κ1) is 10.3. The molecule has 0 spiro atoms. The lowest BCUT2D eigenvalue weighted by molar-refractivity contribution is 0.105. The number of hydrogen-bond donors (Lipinski definition) is 1. The van der Waals surface area contributed by atoms with Crippen molar-refractivity contribution in [1.29, 1.82) is 0 Å². The van der Waals surface area contributed by atoms with Crippen LogP contribution in [0.3, 0.4) is 0 Å². The van der Waals surface area contributed by atoms with E-state index in [4.69, 9.17) is 0 Å². The zero-order valence-electron chi connectivity index (χ0n) is 9.78. The molecular formula is C14H20N2. The van der Waals surface area contributed by atoms with Crippen LogP contribution in [0.25, 0.3) is 0 Å². The largest absolute Gasteiger partial charge is 0.314 e. The molecule has 3 rings (SSSR count). The fraction of sp³-hybridized carbons (Fsp3) is 0.571. The van der Waals surface area contributed by atoms with Gasteiger partial charge in [0.25, 0.3) is 0 Å². The molecule has 0 aliphatic carbocycles. The van der Waals surface area contributed by atoms with Gasteiger partial charge in [0.15, 0.2) is 0 Å². The third-order valence-electron chi connectivity index (χ3n) is 4.13. The van der Waals surface area contributed by atoms with Crippen LogP contribution < -0.4 is 5.32 Å². The lowest BCUT2D eigenvalue weighted by Crippen LogP contribution is -2.59. The van der Waals surface area contributed by atoms with Crippen molar-refractivity contribution < 1.29 is 0 Å². The van der Waals surface area contributed by atoms with Gasteiger partial charge in [-0.25, -0.2) is 0 Å². The summed E-state index contributed by atoms with van der Waals surface area (Å²) in [5, 5.41) is 3.58. The summed E-state index contributed by atoms with van der Waals surface area (Å²) in [7, 11) is 0. The number of hydrogen-bond acceptors (Lipinski definition) is 2. The fourth-order valence-corrected chi connectivity index (χ4v) is 3.32. The third-order valence-corrected chi connectivity index (χ3v) is 4.13. The number of nitrogens with one attached hydrogen (secondary N) is 1. The normalized spacial score (nSPS) is 30.2. The van der Waals surface area contributed by atoms with Crippen LogP contribution in [0.15, 0.2) is 30.3 Å². The van der Waals surface area contributed by atoms with Crippen LogP contribution in [0.5, 0.6) is 0 Å². The van der Waals surface area contributed by atoms with Crippen LogP contribution in [0.2, 0.25) is 0 Å². The van der Waals surface area contributed by atoms with E-state index in [-0.39, 0.29) is 0 Å². The number of fused-ring (bicyclic) bond motifs is 1. The molecule has 86 valence electrons. The summed E-state index contributed by atoms with van der Waals surface area (Å²) in [6, 6.07) is 10.9. The number of piperazine rings is 1. The molecule has 2 nitrogen and oxygen atoms in total. The smallest absolute Gasteiger partial charge is 0.0375 e. The van der Waals surface area contributed by atoms with Gasteiger partial charge >= 0.3 is 0 Å². The van der Waals surface area contributed by atoms with Gasteiger partial charge in [0.1, 0.15) is 0 Å². The standard InChI is InChI=1S/C14H20N2/c1-2-5-13(6-3-1)11-14-7-4-9-16(14)10-8-15-12-14/h1-3,5-6,15H,4,7-12H2. The highest BCUT2D eigenvalue weighted by Gasteiger charge is 2.41. The second kappa shape index (κ2) is 4.19. The second-order valence-electron chi connectivity index (χ2n) is 5.15. The van der Waals surface area contributed by atoms with Crippen LogP contribution in [0, 0.1) is 0 Å². The Morgan fingerprint density at radius 3 is 2.94 bits per heavy atom. The molecule has 1 N–H and O–H groups in total.